The van der Waals surface area contributed by atoms with Crippen LogP contribution in [0.4, 0.5) is 5.69 Å². The summed E-state index contributed by atoms with van der Waals surface area (Å²) in [5.41, 5.74) is 8.29. The zero-order valence-electron chi connectivity index (χ0n) is 11.6. The number of nitrogens with one attached hydrogen (secondary N) is 1. The number of carbonyl (C=O) groups is 1. The van der Waals surface area contributed by atoms with Gasteiger partial charge in [-0.2, -0.15) is 0 Å². The van der Waals surface area contributed by atoms with Gasteiger partial charge in [0.15, 0.2) is 0 Å². The fourth-order valence-corrected chi connectivity index (χ4v) is 1.89. The molecular weight excluding hydrogens is 264 g/mol. The van der Waals surface area contributed by atoms with E-state index >= 15 is 0 Å². The normalized spacial score (nSPS) is 10.7. The number of phenols is 1. The predicted molar refractivity (Wildman–Crippen MR) is 84.7 cm³/mol. The van der Waals surface area contributed by atoms with E-state index in [9.17, 15) is 9.90 Å². The van der Waals surface area contributed by atoms with Crippen molar-refractivity contribution in [3.8, 4) is 5.75 Å². The number of nitrogen functional groups attached to an aromatic ring is 1. The molecule has 0 aliphatic heterocycles. The fourth-order valence-electron chi connectivity index (χ4n) is 1.89. The van der Waals surface area contributed by atoms with Gasteiger partial charge in [0.05, 0.1) is 0 Å². The minimum Gasteiger partial charge on any atom is -0.508 e. The Hall–Kier alpha value is -2.75. The molecule has 21 heavy (non-hydrogen) atoms. The standard InChI is InChI=1S/C17H18N2O2/c18-15-3-1-2-14(12-15)6-9-17(21)19-11-10-13-4-7-16(20)8-5-13/h1-9,12,20H,10-11,18H2,(H,19,21)/b9-6+. The average Bonchev–Trinajstić information content (AvgIpc) is 2.47. The summed E-state index contributed by atoms with van der Waals surface area (Å²) >= 11 is 0. The minimum absolute atomic E-state index is 0.142. The lowest BCUT2D eigenvalue weighted by molar-refractivity contribution is -0.116. The Bertz CT molecular complexity index is 633. The molecular formula is C17H18N2O2. The van der Waals surface area contributed by atoms with Gasteiger partial charge in [-0.05, 0) is 47.9 Å². The van der Waals surface area contributed by atoms with E-state index in [1.807, 2.05) is 24.3 Å². The molecule has 0 aliphatic carbocycles. The Morgan fingerprint density at radius 3 is 2.67 bits per heavy atom. The van der Waals surface area contributed by atoms with Crippen molar-refractivity contribution in [2.45, 2.75) is 6.42 Å². The van der Waals surface area contributed by atoms with Crippen LogP contribution in [0.15, 0.2) is 54.6 Å². The number of carbonyl (C=O) groups excluding carboxylic acids is 1. The number of benzene rings is 2. The molecule has 0 radical (unpaired) electrons. The predicted octanol–water partition coefficient (Wildman–Crippen LogP) is 2.35. The van der Waals surface area contributed by atoms with Crippen molar-refractivity contribution in [1.82, 2.24) is 5.32 Å². The van der Waals surface area contributed by atoms with E-state index in [0.29, 0.717) is 12.2 Å². The maximum absolute atomic E-state index is 11.7. The minimum atomic E-state index is -0.142. The molecule has 0 heterocycles. The van der Waals surface area contributed by atoms with Gasteiger partial charge in [0.2, 0.25) is 5.91 Å². The Morgan fingerprint density at radius 2 is 1.95 bits per heavy atom. The smallest absolute Gasteiger partial charge is 0.244 e. The quantitative estimate of drug-likeness (QED) is 0.582. The summed E-state index contributed by atoms with van der Waals surface area (Å²) in [6, 6.07) is 14.3. The van der Waals surface area contributed by atoms with E-state index in [1.54, 1.807) is 30.3 Å². The molecule has 2 aromatic rings. The molecule has 0 saturated heterocycles. The maximum atomic E-state index is 11.7. The molecule has 4 nitrogen and oxygen atoms in total. The van der Waals surface area contributed by atoms with Crippen LogP contribution in [0.5, 0.6) is 5.75 Å². The first-order valence-electron chi connectivity index (χ1n) is 6.73. The van der Waals surface area contributed by atoms with E-state index in [2.05, 4.69) is 5.32 Å². The topological polar surface area (TPSA) is 75.4 Å². The third-order valence-electron chi connectivity index (χ3n) is 2.99. The first-order chi connectivity index (χ1) is 10.1. The molecule has 108 valence electrons. The van der Waals surface area contributed by atoms with Gasteiger partial charge >= 0.3 is 0 Å². The second kappa shape index (κ2) is 7.14. The highest BCUT2D eigenvalue weighted by molar-refractivity contribution is 5.91. The SMILES string of the molecule is Nc1cccc(/C=C/C(=O)NCCc2ccc(O)cc2)c1. The van der Waals surface area contributed by atoms with Crippen LogP contribution < -0.4 is 11.1 Å². The van der Waals surface area contributed by atoms with Crippen molar-refractivity contribution < 1.29 is 9.90 Å². The number of aromatic hydroxyl groups is 1. The van der Waals surface area contributed by atoms with Crippen LogP contribution in [0.2, 0.25) is 0 Å². The molecule has 0 fully saturated rings. The highest BCUT2D eigenvalue weighted by Gasteiger charge is 1.97. The molecule has 4 heteroatoms. The lowest BCUT2D eigenvalue weighted by Gasteiger charge is -2.03. The highest BCUT2D eigenvalue weighted by atomic mass is 16.3. The molecule has 0 saturated carbocycles. The summed E-state index contributed by atoms with van der Waals surface area (Å²) in [6.45, 7) is 0.547. The third kappa shape index (κ3) is 5.03. The first kappa shape index (κ1) is 14.7. The molecule has 2 aromatic carbocycles. The Kier molecular flexibility index (Phi) is 4.99. The van der Waals surface area contributed by atoms with Gasteiger partial charge in [0.1, 0.15) is 5.75 Å². The summed E-state index contributed by atoms with van der Waals surface area (Å²) in [6.07, 6.45) is 3.94. The molecule has 0 aliphatic rings. The van der Waals surface area contributed by atoms with Gasteiger partial charge in [0, 0.05) is 18.3 Å². The van der Waals surface area contributed by atoms with E-state index in [4.69, 9.17) is 5.73 Å². The fraction of sp³-hybridized carbons (Fsp3) is 0.118. The van der Waals surface area contributed by atoms with E-state index in [-0.39, 0.29) is 11.7 Å². The van der Waals surface area contributed by atoms with Crippen LogP contribution in [0.3, 0.4) is 0 Å². The lowest BCUT2D eigenvalue weighted by atomic mass is 10.1. The summed E-state index contributed by atoms with van der Waals surface area (Å²) < 4.78 is 0. The second-order valence-electron chi connectivity index (χ2n) is 4.71. The maximum Gasteiger partial charge on any atom is 0.244 e. The van der Waals surface area contributed by atoms with E-state index < -0.39 is 0 Å². The van der Waals surface area contributed by atoms with Crippen LogP contribution in [-0.2, 0) is 11.2 Å². The summed E-state index contributed by atoms with van der Waals surface area (Å²) in [5.74, 6) is 0.101. The van der Waals surface area contributed by atoms with Gasteiger partial charge < -0.3 is 16.2 Å². The van der Waals surface area contributed by atoms with Crippen LogP contribution in [0, 0.1) is 0 Å². The number of hydrogen-bond donors (Lipinski definition) is 3. The van der Waals surface area contributed by atoms with Gasteiger partial charge in [-0.25, -0.2) is 0 Å². The molecule has 2 rings (SSSR count). The Labute approximate surface area is 123 Å². The number of rotatable bonds is 5. The number of phenolic OH excluding ortho intramolecular Hbond substituents is 1. The first-order valence-corrected chi connectivity index (χ1v) is 6.73. The number of nitrogens with two attached hydrogens (primary N) is 1. The van der Waals surface area contributed by atoms with Crippen LogP contribution in [0.1, 0.15) is 11.1 Å². The second-order valence-corrected chi connectivity index (χ2v) is 4.71. The third-order valence-corrected chi connectivity index (χ3v) is 2.99. The molecule has 0 spiro atoms. The molecule has 0 unspecified atom stereocenters. The van der Waals surface area contributed by atoms with Crippen LogP contribution in [0.25, 0.3) is 6.08 Å². The number of anilines is 1. The van der Waals surface area contributed by atoms with Gasteiger partial charge in [0.25, 0.3) is 0 Å². The summed E-state index contributed by atoms with van der Waals surface area (Å²) in [7, 11) is 0. The van der Waals surface area contributed by atoms with Gasteiger partial charge in [-0.15, -0.1) is 0 Å². The molecule has 0 aromatic heterocycles. The van der Waals surface area contributed by atoms with Crippen molar-refractivity contribution in [3.05, 3.63) is 65.7 Å². The van der Waals surface area contributed by atoms with Crippen molar-refractivity contribution >= 4 is 17.7 Å². The van der Waals surface area contributed by atoms with Crippen molar-refractivity contribution in [1.29, 1.82) is 0 Å². The summed E-state index contributed by atoms with van der Waals surface area (Å²) in [4.78, 5) is 11.7. The number of amides is 1. The van der Waals surface area contributed by atoms with Gasteiger partial charge in [-0.1, -0.05) is 24.3 Å². The van der Waals surface area contributed by atoms with Gasteiger partial charge in [-0.3, -0.25) is 4.79 Å². The van der Waals surface area contributed by atoms with Crippen LogP contribution >= 0.6 is 0 Å². The number of hydrogen-bond acceptors (Lipinski definition) is 3. The van der Waals surface area contributed by atoms with Crippen molar-refractivity contribution in [2.75, 3.05) is 12.3 Å². The molecule has 0 bridgehead atoms. The van der Waals surface area contributed by atoms with E-state index in [1.165, 1.54) is 6.08 Å². The molecule has 1 amide bonds. The zero-order valence-corrected chi connectivity index (χ0v) is 11.6. The van der Waals surface area contributed by atoms with E-state index in [0.717, 1.165) is 17.5 Å². The summed E-state index contributed by atoms with van der Waals surface area (Å²) in [5, 5.41) is 12.0. The Balaban J connectivity index is 1.78. The largest absolute Gasteiger partial charge is 0.508 e. The molecule has 0 atom stereocenters. The highest BCUT2D eigenvalue weighted by Crippen LogP contribution is 2.10. The Morgan fingerprint density at radius 1 is 1.19 bits per heavy atom. The molecule has 4 N–H and O–H groups in total. The monoisotopic (exact) mass is 282 g/mol. The zero-order chi connectivity index (χ0) is 15.1. The van der Waals surface area contributed by atoms with Crippen LogP contribution in [-0.4, -0.2) is 17.6 Å². The average molecular weight is 282 g/mol. The van der Waals surface area contributed by atoms with Crippen molar-refractivity contribution in [2.24, 2.45) is 0 Å². The van der Waals surface area contributed by atoms with Crippen molar-refractivity contribution in [3.63, 3.8) is 0 Å². The lowest BCUT2D eigenvalue weighted by Crippen LogP contribution is -2.23.